The van der Waals surface area contributed by atoms with Crippen molar-refractivity contribution in [2.75, 3.05) is 5.32 Å². The number of aryl methyl sites for hydroxylation is 1. The molecule has 0 aliphatic carbocycles. The Hall–Kier alpha value is -2.13. The van der Waals surface area contributed by atoms with Crippen LogP contribution in [0.3, 0.4) is 0 Å². The van der Waals surface area contributed by atoms with Gasteiger partial charge in [-0.25, -0.2) is 0 Å². The molecule has 1 amide bonds. The van der Waals surface area contributed by atoms with E-state index in [2.05, 4.69) is 5.32 Å². The van der Waals surface area contributed by atoms with Gasteiger partial charge in [-0.3, -0.25) is 4.79 Å². The van der Waals surface area contributed by atoms with Crippen LogP contribution < -0.4 is 5.32 Å². The van der Waals surface area contributed by atoms with Crippen LogP contribution in [0.2, 0.25) is 0 Å². The Bertz CT molecular complexity index is 511. The van der Waals surface area contributed by atoms with Crippen molar-refractivity contribution in [2.24, 2.45) is 0 Å². The van der Waals surface area contributed by atoms with Gasteiger partial charge < -0.3 is 10.4 Å². The van der Waals surface area contributed by atoms with Crippen molar-refractivity contribution in [3.05, 3.63) is 66.2 Å². The first-order valence-electron chi connectivity index (χ1n) is 6.33. The van der Waals surface area contributed by atoms with Gasteiger partial charge in [0.15, 0.2) is 0 Å². The summed E-state index contributed by atoms with van der Waals surface area (Å²) in [6.07, 6.45) is 0.118. The van der Waals surface area contributed by atoms with Gasteiger partial charge in [-0.15, -0.1) is 0 Å². The van der Waals surface area contributed by atoms with Gasteiger partial charge in [0, 0.05) is 5.69 Å². The summed E-state index contributed by atoms with van der Waals surface area (Å²) in [4.78, 5) is 11.8. The quantitative estimate of drug-likeness (QED) is 0.862. The topological polar surface area (TPSA) is 49.3 Å². The highest BCUT2D eigenvalue weighted by Crippen LogP contribution is 2.09. The molecule has 2 rings (SSSR count). The molecule has 0 radical (unpaired) electrons. The molecule has 2 aromatic rings. The van der Waals surface area contributed by atoms with Crippen molar-refractivity contribution in [1.29, 1.82) is 0 Å². The Morgan fingerprint density at radius 2 is 1.58 bits per heavy atom. The fraction of sp³-hybridized carbons (Fsp3) is 0.188. The number of aliphatic hydroxyl groups excluding tert-OH is 1. The Labute approximate surface area is 112 Å². The SMILES string of the molecule is O=C(Nc1ccccc1)C(O)CCc1ccccc1. The summed E-state index contributed by atoms with van der Waals surface area (Å²) < 4.78 is 0. The van der Waals surface area contributed by atoms with E-state index in [0.29, 0.717) is 18.5 Å². The van der Waals surface area contributed by atoms with Crippen LogP contribution in [0.25, 0.3) is 0 Å². The maximum Gasteiger partial charge on any atom is 0.253 e. The predicted octanol–water partition coefficient (Wildman–Crippen LogP) is 2.62. The van der Waals surface area contributed by atoms with E-state index >= 15 is 0 Å². The molecule has 0 bridgehead atoms. The lowest BCUT2D eigenvalue weighted by atomic mass is 10.1. The number of hydrogen-bond donors (Lipinski definition) is 2. The predicted molar refractivity (Wildman–Crippen MR) is 75.8 cm³/mol. The number of para-hydroxylation sites is 1. The molecule has 0 fully saturated rings. The smallest absolute Gasteiger partial charge is 0.253 e. The molecule has 3 nitrogen and oxygen atoms in total. The normalized spacial score (nSPS) is 11.8. The molecule has 0 spiro atoms. The zero-order valence-electron chi connectivity index (χ0n) is 10.6. The van der Waals surface area contributed by atoms with Crippen molar-refractivity contribution < 1.29 is 9.90 Å². The van der Waals surface area contributed by atoms with Crippen molar-refractivity contribution in [3.8, 4) is 0 Å². The number of amides is 1. The Morgan fingerprint density at radius 1 is 1.00 bits per heavy atom. The molecule has 0 saturated heterocycles. The fourth-order valence-corrected chi connectivity index (χ4v) is 1.83. The lowest BCUT2D eigenvalue weighted by molar-refractivity contribution is -0.124. The first kappa shape index (κ1) is 13.3. The summed E-state index contributed by atoms with van der Waals surface area (Å²) in [6, 6.07) is 19.0. The summed E-state index contributed by atoms with van der Waals surface area (Å²) in [5.74, 6) is -0.359. The monoisotopic (exact) mass is 255 g/mol. The highest BCUT2D eigenvalue weighted by Gasteiger charge is 2.14. The standard InChI is InChI=1S/C16H17NO2/c18-15(12-11-13-7-3-1-4-8-13)16(19)17-14-9-5-2-6-10-14/h1-10,15,18H,11-12H2,(H,17,19). The average molecular weight is 255 g/mol. The Balaban J connectivity index is 1.83. The van der Waals surface area contributed by atoms with Crippen molar-refractivity contribution in [1.82, 2.24) is 0 Å². The molecule has 3 heteroatoms. The minimum Gasteiger partial charge on any atom is -0.383 e. The van der Waals surface area contributed by atoms with Crippen LogP contribution in [-0.4, -0.2) is 17.1 Å². The first-order chi connectivity index (χ1) is 9.25. The van der Waals surface area contributed by atoms with Gasteiger partial charge in [0.05, 0.1) is 0 Å². The third-order valence-electron chi connectivity index (χ3n) is 2.89. The molecule has 0 aliphatic rings. The van der Waals surface area contributed by atoms with Gasteiger partial charge in [-0.05, 0) is 30.5 Å². The van der Waals surface area contributed by atoms with Crippen LogP contribution in [-0.2, 0) is 11.2 Å². The maximum atomic E-state index is 11.8. The van der Waals surface area contributed by atoms with Crippen LogP contribution in [0.1, 0.15) is 12.0 Å². The molecule has 98 valence electrons. The van der Waals surface area contributed by atoms with E-state index in [1.807, 2.05) is 48.5 Å². The number of anilines is 1. The van der Waals surface area contributed by atoms with Crippen LogP contribution >= 0.6 is 0 Å². The number of carbonyl (C=O) groups excluding carboxylic acids is 1. The van der Waals surface area contributed by atoms with E-state index in [1.54, 1.807) is 12.1 Å². The number of carbonyl (C=O) groups is 1. The molecule has 1 atom stereocenters. The van der Waals surface area contributed by atoms with Crippen molar-refractivity contribution in [3.63, 3.8) is 0 Å². The Morgan fingerprint density at radius 3 is 2.21 bits per heavy atom. The van der Waals surface area contributed by atoms with Crippen molar-refractivity contribution >= 4 is 11.6 Å². The van der Waals surface area contributed by atoms with Crippen molar-refractivity contribution in [2.45, 2.75) is 18.9 Å². The number of nitrogens with one attached hydrogen (secondary N) is 1. The number of rotatable bonds is 5. The molecule has 2 N–H and O–H groups in total. The highest BCUT2D eigenvalue weighted by molar-refractivity contribution is 5.93. The summed E-state index contributed by atoms with van der Waals surface area (Å²) >= 11 is 0. The van der Waals surface area contributed by atoms with E-state index in [4.69, 9.17) is 0 Å². The Kier molecular flexibility index (Phi) is 4.70. The summed E-state index contributed by atoms with van der Waals surface area (Å²) in [5.41, 5.74) is 1.82. The van der Waals surface area contributed by atoms with Gasteiger partial charge in [0.1, 0.15) is 6.10 Å². The van der Waals surface area contributed by atoms with E-state index in [9.17, 15) is 9.90 Å². The second kappa shape index (κ2) is 6.71. The fourth-order valence-electron chi connectivity index (χ4n) is 1.83. The number of benzene rings is 2. The van der Waals surface area contributed by atoms with Gasteiger partial charge in [-0.1, -0.05) is 48.5 Å². The zero-order valence-corrected chi connectivity index (χ0v) is 10.6. The third-order valence-corrected chi connectivity index (χ3v) is 2.89. The van der Waals surface area contributed by atoms with Crippen LogP contribution in [0, 0.1) is 0 Å². The summed E-state index contributed by atoms with van der Waals surface area (Å²) in [6.45, 7) is 0. The molecule has 0 aromatic heterocycles. The third kappa shape index (κ3) is 4.23. The van der Waals surface area contributed by atoms with Gasteiger partial charge >= 0.3 is 0 Å². The summed E-state index contributed by atoms with van der Waals surface area (Å²) in [5, 5.41) is 12.5. The van der Waals surface area contributed by atoms with Crippen LogP contribution in [0.4, 0.5) is 5.69 Å². The van der Waals surface area contributed by atoms with E-state index in [-0.39, 0.29) is 5.91 Å². The maximum absolute atomic E-state index is 11.8. The minimum absolute atomic E-state index is 0.359. The zero-order chi connectivity index (χ0) is 13.5. The first-order valence-corrected chi connectivity index (χ1v) is 6.33. The summed E-state index contributed by atoms with van der Waals surface area (Å²) in [7, 11) is 0. The highest BCUT2D eigenvalue weighted by atomic mass is 16.3. The van der Waals surface area contributed by atoms with Gasteiger partial charge in [0.25, 0.3) is 5.91 Å². The van der Waals surface area contributed by atoms with Crippen LogP contribution in [0.15, 0.2) is 60.7 Å². The number of hydrogen-bond acceptors (Lipinski definition) is 2. The molecule has 2 aromatic carbocycles. The lowest BCUT2D eigenvalue weighted by Crippen LogP contribution is -2.28. The second-order valence-electron chi connectivity index (χ2n) is 4.40. The molecule has 19 heavy (non-hydrogen) atoms. The molecular weight excluding hydrogens is 238 g/mol. The minimum atomic E-state index is -0.986. The van der Waals surface area contributed by atoms with Gasteiger partial charge in [-0.2, -0.15) is 0 Å². The molecule has 0 heterocycles. The molecule has 1 unspecified atom stereocenters. The second-order valence-corrected chi connectivity index (χ2v) is 4.40. The molecular formula is C16H17NO2. The van der Waals surface area contributed by atoms with Crippen LogP contribution in [0.5, 0.6) is 0 Å². The van der Waals surface area contributed by atoms with E-state index in [1.165, 1.54) is 0 Å². The molecule has 0 aliphatic heterocycles. The largest absolute Gasteiger partial charge is 0.383 e. The van der Waals surface area contributed by atoms with E-state index in [0.717, 1.165) is 5.56 Å². The average Bonchev–Trinajstić information content (AvgIpc) is 2.47. The number of aliphatic hydroxyl groups is 1. The lowest BCUT2D eigenvalue weighted by Gasteiger charge is -2.11. The molecule has 0 saturated carbocycles. The van der Waals surface area contributed by atoms with E-state index < -0.39 is 6.10 Å². The van der Waals surface area contributed by atoms with Gasteiger partial charge in [0.2, 0.25) is 0 Å².